The van der Waals surface area contributed by atoms with Crippen molar-refractivity contribution in [2.75, 3.05) is 13.1 Å². The zero-order chi connectivity index (χ0) is 25.6. The summed E-state index contributed by atoms with van der Waals surface area (Å²) in [5.74, 6) is -2.38. The van der Waals surface area contributed by atoms with Gasteiger partial charge in [0, 0.05) is 17.1 Å². The SMILES string of the molecule is CCC(C(=O)O)c1cc(S(=O)(=O)c2ccc(CCNC[C@@H](O)c3cccc(Cl)c3)cc2)ccc1O. The molecule has 0 aromatic heterocycles. The maximum Gasteiger partial charge on any atom is 0.311 e. The van der Waals surface area contributed by atoms with Gasteiger partial charge in [-0.2, -0.15) is 0 Å². The second-order valence-electron chi connectivity index (χ2n) is 8.19. The van der Waals surface area contributed by atoms with Gasteiger partial charge in [-0.1, -0.05) is 42.8 Å². The summed E-state index contributed by atoms with van der Waals surface area (Å²) in [5, 5.41) is 33.5. The highest BCUT2D eigenvalue weighted by molar-refractivity contribution is 7.91. The molecule has 1 unspecified atom stereocenters. The number of hydrogen-bond donors (Lipinski definition) is 4. The highest BCUT2D eigenvalue weighted by Gasteiger charge is 2.25. The quantitative estimate of drug-likeness (QED) is 0.279. The van der Waals surface area contributed by atoms with Crippen molar-refractivity contribution in [1.82, 2.24) is 5.32 Å². The summed E-state index contributed by atoms with van der Waals surface area (Å²) in [6.45, 7) is 2.59. The van der Waals surface area contributed by atoms with E-state index in [1.807, 2.05) is 0 Å². The van der Waals surface area contributed by atoms with E-state index in [1.165, 1.54) is 30.3 Å². The van der Waals surface area contributed by atoms with E-state index in [0.29, 0.717) is 24.5 Å². The molecule has 0 aliphatic rings. The molecule has 0 fully saturated rings. The molecule has 0 radical (unpaired) electrons. The Morgan fingerprint density at radius 3 is 2.34 bits per heavy atom. The lowest BCUT2D eigenvalue weighted by Crippen LogP contribution is -2.23. The Morgan fingerprint density at radius 2 is 1.71 bits per heavy atom. The molecule has 0 bridgehead atoms. The van der Waals surface area contributed by atoms with E-state index in [0.717, 1.165) is 11.1 Å². The molecule has 0 spiro atoms. The number of carbonyl (C=O) groups is 1. The van der Waals surface area contributed by atoms with Gasteiger partial charge < -0.3 is 20.6 Å². The molecule has 2 atom stereocenters. The van der Waals surface area contributed by atoms with Gasteiger partial charge in [0.15, 0.2) is 0 Å². The number of benzene rings is 3. The van der Waals surface area contributed by atoms with Crippen LogP contribution in [0.15, 0.2) is 76.5 Å². The third-order valence-electron chi connectivity index (χ3n) is 5.79. The van der Waals surface area contributed by atoms with Gasteiger partial charge in [0.2, 0.25) is 9.84 Å². The lowest BCUT2D eigenvalue weighted by Gasteiger charge is -2.14. The maximum absolute atomic E-state index is 13.1. The van der Waals surface area contributed by atoms with E-state index in [1.54, 1.807) is 43.3 Å². The molecule has 0 amide bonds. The number of carboxylic acid groups (broad SMARTS) is 1. The number of sulfone groups is 1. The van der Waals surface area contributed by atoms with E-state index >= 15 is 0 Å². The molecule has 9 heteroatoms. The summed E-state index contributed by atoms with van der Waals surface area (Å²) >= 11 is 5.95. The first-order valence-corrected chi connectivity index (χ1v) is 13.0. The fourth-order valence-corrected chi connectivity index (χ4v) is 5.28. The van der Waals surface area contributed by atoms with Gasteiger partial charge in [-0.3, -0.25) is 4.79 Å². The smallest absolute Gasteiger partial charge is 0.311 e. The monoisotopic (exact) mass is 517 g/mol. The molecular weight excluding hydrogens is 490 g/mol. The van der Waals surface area contributed by atoms with Gasteiger partial charge in [0.05, 0.1) is 21.8 Å². The maximum atomic E-state index is 13.1. The van der Waals surface area contributed by atoms with Crippen molar-refractivity contribution in [3.63, 3.8) is 0 Å². The second-order valence-corrected chi connectivity index (χ2v) is 10.6. The number of rotatable bonds is 11. The Morgan fingerprint density at radius 1 is 1.03 bits per heavy atom. The number of aliphatic hydroxyl groups is 1. The van der Waals surface area contributed by atoms with Crippen molar-refractivity contribution in [1.29, 1.82) is 0 Å². The van der Waals surface area contributed by atoms with Crippen molar-refractivity contribution in [2.24, 2.45) is 0 Å². The van der Waals surface area contributed by atoms with Crippen LogP contribution >= 0.6 is 11.6 Å². The molecule has 0 saturated carbocycles. The molecule has 3 aromatic carbocycles. The summed E-state index contributed by atoms with van der Waals surface area (Å²) in [5.41, 5.74) is 1.71. The number of phenolic OH excluding ortho intramolecular Hbond substituents is 1. The minimum absolute atomic E-state index is 0.0729. The summed E-state index contributed by atoms with van der Waals surface area (Å²) in [4.78, 5) is 11.5. The molecule has 0 heterocycles. The predicted molar refractivity (Wildman–Crippen MR) is 134 cm³/mol. The Balaban J connectivity index is 1.64. The van der Waals surface area contributed by atoms with Crippen molar-refractivity contribution in [3.8, 4) is 5.75 Å². The molecule has 0 aliphatic carbocycles. The minimum atomic E-state index is -3.90. The number of carboxylic acids is 1. The standard InChI is InChI=1S/C26H28ClNO6S/c1-2-22(26(31)32)23-15-21(10-11-24(23)29)35(33,34)20-8-6-17(7-9-20)12-13-28-16-25(30)18-4-3-5-19(27)14-18/h3-11,14-15,22,25,28-30H,2,12-13,16H2,1H3,(H,31,32)/t22?,25-/m1/s1. The number of hydrogen-bond acceptors (Lipinski definition) is 6. The number of aliphatic hydroxyl groups excluding tert-OH is 1. The number of aliphatic carboxylic acids is 1. The van der Waals surface area contributed by atoms with Crippen molar-refractivity contribution in [2.45, 2.75) is 41.6 Å². The van der Waals surface area contributed by atoms with Gasteiger partial charge in [-0.25, -0.2) is 8.42 Å². The first kappa shape index (κ1) is 26.7. The molecule has 35 heavy (non-hydrogen) atoms. The van der Waals surface area contributed by atoms with E-state index < -0.39 is 27.8 Å². The van der Waals surface area contributed by atoms with Crippen molar-refractivity contribution < 1.29 is 28.5 Å². The number of nitrogens with one attached hydrogen (secondary N) is 1. The third-order valence-corrected chi connectivity index (χ3v) is 7.79. The molecular formula is C26H28ClNO6S. The number of aromatic hydroxyl groups is 1. The second kappa shape index (κ2) is 11.7. The van der Waals surface area contributed by atoms with Crippen LogP contribution in [0, 0.1) is 0 Å². The van der Waals surface area contributed by atoms with Crippen LogP contribution in [0.25, 0.3) is 0 Å². The average Bonchev–Trinajstić information content (AvgIpc) is 2.83. The van der Waals surface area contributed by atoms with Crippen LogP contribution in [0.4, 0.5) is 0 Å². The van der Waals surface area contributed by atoms with Crippen LogP contribution in [-0.2, 0) is 21.1 Å². The van der Waals surface area contributed by atoms with E-state index in [4.69, 9.17) is 11.6 Å². The normalized spacial score (nSPS) is 13.3. The number of halogens is 1. The van der Waals surface area contributed by atoms with Crippen LogP contribution < -0.4 is 5.32 Å². The van der Waals surface area contributed by atoms with Gasteiger partial charge in [-0.05, 0) is 73.0 Å². The molecule has 7 nitrogen and oxygen atoms in total. The first-order valence-electron chi connectivity index (χ1n) is 11.2. The van der Waals surface area contributed by atoms with E-state index in [9.17, 15) is 28.5 Å². The first-order chi connectivity index (χ1) is 16.6. The highest BCUT2D eigenvalue weighted by Crippen LogP contribution is 2.32. The van der Waals surface area contributed by atoms with Crippen LogP contribution in [0.2, 0.25) is 5.02 Å². The van der Waals surface area contributed by atoms with Crippen LogP contribution in [-0.4, -0.2) is 42.8 Å². The largest absolute Gasteiger partial charge is 0.508 e. The minimum Gasteiger partial charge on any atom is -0.508 e. The zero-order valence-electron chi connectivity index (χ0n) is 19.2. The van der Waals surface area contributed by atoms with Crippen molar-refractivity contribution in [3.05, 3.63) is 88.4 Å². The van der Waals surface area contributed by atoms with Crippen LogP contribution in [0.1, 0.15) is 42.1 Å². The molecule has 186 valence electrons. The summed E-state index contributed by atoms with van der Waals surface area (Å²) in [7, 11) is -3.90. The Kier molecular flexibility index (Phi) is 8.91. The Labute approximate surface area is 209 Å². The summed E-state index contributed by atoms with van der Waals surface area (Å²) < 4.78 is 26.2. The van der Waals surface area contributed by atoms with Gasteiger partial charge in [0.25, 0.3) is 0 Å². The van der Waals surface area contributed by atoms with E-state index in [-0.39, 0.29) is 27.5 Å². The van der Waals surface area contributed by atoms with Gasteiger partial charge in [0.1, 0.15) is 5.75 Å². The zero-order valence-corrected chi connectivity index (χ0v) is 20.8. The van der Waals surface area contributed by atoms with Crippen LogP contribution in [0.3, 0.4) is 0 Å². The summed E-state index contributed by atoms with van der Waals surface area (Å²) in [6, 6.07) is 17.2. The van der Waals surface area contributed by atoms with Crippen molar-refractivity contribution >= 4 is 27.4 Å². The molecule has 0 saturated heterocycles. The topological polar surface area (TPSA) is 124 Å². The predicted octanol–water partition coefficient (Wildman–Crippen LogP) is 4.32. The lowest BCUT2D eigenvalue weighted by molar-refractivity contribution is -0.138. The third kappa shape index (κ3) is 6.61. The Hall–Kier alpha value is -2.91. The fourth-order valence-electron chi connectivity index (χ4n) is 3.78. The molecule has 3 aromatic rings. The lowest BCUT2D eigenvalue weighted by atomic mass is 9.96. The number of phenols is 1. The molecule has 3 rings (SSSR count). The highest BCUT2D eigenvalue weighted by atomic mass is 35.5. The molecule has 4 N–H and O–H groups in total. The van der Waals surface area contributed by atoms with Gasteiger partial charge >= 0.3 is 5.97 Å². The molecule has 0 aliphatic heterocycles. The van der Waals surface area contributed by atoms with Gasteiger partial charge in [-0.15, -0.1) is 0 Å². The average molecular weight is 518 g/mol. The fraction of sp³-hybridized carbons (Fsp3) is 0.269. The summed E-state index contributed by atoms with van der Waals surface area (Å²) in [6.07, 6.45) is 0.151. The van der Waals surface area contributed by atoms with Crippen LogP contribution in [0.5, 0.6) is 5.75 Å². The van der Waals surface area contributed by atoms with E-state index in [2.05, 4.69) is 5.32 Å². The Bertz CT molecular complexity index is 1280.